The zero-order valence-corrected chi connectivity index (χ0v) is 13.8. The minimum Gasteiger partial charge on any atom is -0.496 e. The SMILES string of the molecule is COc1ccc(S(=O)(=O)NC(CCSC)C(=O)O)cc1C. The van der Waals surface area contributed by atoms with Gasteiger partial charge < -0.3 is 9.84 Å². The Kier molecular flexibility index (Phi) is 6.50. The van der Waals surface area contributed by atoms with Crippen LogP contribution in [0.2, 0.25) is 0 Å². The molecule has 0 aromatic heterocycles. The van der Waals surface area contributed by atoms with Crippen LogP contribution in [0, 0.1) is 6.92 Å². The van der Waals surface area contributed by atoms with Gasteiger partial charge in [0, 0.05) is 0 Å². The Hall–Kier alpha value is -1.25. The molecule has 0 saturated carbocycles. The summed E-state index contributed by atoms with van der Waals surface area (Å²) in [6.45, 7) is 1.72. The van der Waals surface area contributed by atoms with E-state index in [4.69, 9.17) is 9.84 Å². The first-order chi connectivity index (χ1) is 9.81. The van der Waals surface area contributed by atoms with E-state index in [0.717, 1.165) is 0 Å². The first-order valence-electron chi connectivity index (χ1n) is 6.20. The fraction of sp³-hybridized carbons (Fsp3) is 0.462. The van der Waals surface area contributed by atoms with Crippen LogP contribution in [0.4, 0.5) is 0 Å². The van der Waals surface area contributed by atoms with Crippen LogP contribution in [0.15, 0.2) is 23.1 Å². The van der Waals surface area contributed by atoms with Gasteiger partial charge in [0.1, 0.15) is 11.8 Å². The number of rotatable bonds is 8. The predicted octanol–water partition coefficient (Wildman–Crippen LogP) is 1.49. The summed E-state index contributed by atoms with van der Waals surface area (Å²) >= 11 is 1.46. The number of carbonyl (C=O) groups is 1. The molecule has 0 fully saturated rings. The maximum absolute atomic E-state index is 12.2. The summed E-state index contributed by atoms with van der Waals surface area (Å²) in [4.78, 5) is 11.1. The van der Waals surface area contributed by atoms with Gasteiger partial charge in [0.25, 0.3) is 0 Å². The molecule has 1 aromatic carbocycles. The van der Waals surface area contributed by atoms with Crippen molar-refractivity contribution >= 4 is 27.8 Å². The zero-order chi connectivity index (χ0) is 16.0. The van der Waals surface area contributed by atoms with Crippen molar-refractivity contribution in [3.63, 3.8) is 0 Å². The summed E-state index contributed by atoms with van der Waals surface area (Å²) < 4.78 is 31.8. The van der Waals surface area contributed by atoms with Crippen molar-refractivity contribution in [2.75, 3.05) is 19.1 Å². The standard InChI is InChI=1S/C13H19NO5S2/c1-9-8-10(4-5-12(9)19-2)21(17,18)14-11(13(15)16)6-7-20-3/h4-5,8,11,14H,6-7H2,1-3H3,(H,15,16). The normalized spacial score (nSPS) is 12.9. The highest BCUT2D eigenvalue weighted by Crippen LogP contribution is 2.21. The number of hydrogen-bond acceptors (Lipinski definition) is 5. The van der Waals surface area contributed by atoms with Crippen LogP contribution < -0.4 is 9.46 Å². The second kappa shape index (κ2) is 7.67. The number of carboxylic acids is 1. The van der Waals surface area contributed by atoms with Crippen molar-refractivity contribution in [1.82, 2.24) is 4.72 Å². The average molecular weight is 333 g/mol. The van der Waals surface area contributed by atoms with Gasteiger partial charge >= 0.3 is 5.97 Å². The van der Waals surface area contributed by atoms with Crippen LogP contribution in [-0.2, 0) is 14.8 Å². The number of aliphatic carboxylic acids is 1. The number of ether oxygens (including phenoxy) is 1. The van der Waals surface area contributed by atoms with E-state index in [9.17, 15) is 13.2 Å². The van der Waals surface area contributed by atoms with E-state index in [1.807, 2.05) is 6.26 Å². The highest BCUT2D eigenvalue weighted by molar-refractivity contribution is 7.98. The van der Waals surface area contributed by atoms with E-state index in [2.05, 4.69) is 4.72 Å². The van der Waals surface area contributed by atoms with Crippen molar-refractivity contribution in [3.8, 4) is 5.75 Å². The van der Waals surface area contributed by atoms with Gasteiger partial charge in [0.2, 0.25) is 10.0 Å². The zero-order valence-electron chi connectivity index (χ0n) is 12.1. The van der Waals surface area contributed by atoms with Crippen LogP contribution in [0.25, 0.3) is 0 Å². The molecule has 0 bridgehead atoms. The lowest BCUT2D eigenvalue weighted by atomic mass is 10.2. The van der Waals surface area contributed by atoms with Crippen LogP contribution in [0.3, 0.4) is 0 Å². The third-order valence-corrected chi connectivity index (χ3v) is 5.00. The van der Waals surface area contributed by atoms with Crippen molar-refractivity contribution < 1.29 is 23.1 Å². The summed E-state index contributed by atoms with van der Waals surface area (Å²) in [5.74, 6) is -0.0508. The Bertz CT molecular complexity index is 601. The minimum atomic E-state index is -3.88. The monoisotopic (exact) mass is 333 g/mol. The van der Waals surface area contributed by atoms with Crippen LogP contribution in [0.5, 0.6) is 5.75 Å². The third kappa shape index (κ3) is 4.90. The van der Waals surface area contributed by atoms with Crippen LogP contribution in [0.1, 0.15) is 12.0 Å². The molecular formula is C13H19NO5S2. The number of methoxy groups -OCH3 is 1. The second-order valence-corrected chi connectivity index (χ2v) is 7.12. The first-order valence-corrected chi connectivity index (χ1v) is 9.08. The summed E-state index contributed by atoms with van der Waals surface area (Å²) in [5.41, 5.74) is 0.663. The fourth-order valence-electron chi connectivity index (χ4n) is 1.74. The molecule has 1 aromatic rings. The Morgan fingerprint density at radius 2 is 2.14 bits per heavy atom. The Balaban J connectivity index is 2.99. The summed E-state index contributed by atoms with van der Waals surface area (Å²) in [7, 11) is -2.38. The molecular weight excluding hydrogens is 314 g/mol. The maximum Gasteiger partial charge on any atom is 0.321 e. The average Bonchev–Trinajstić information content (AvgIpc) is 2.43. The van der Waals surface area contributed by atoms with E-state index in [0.29, 0.717) is 17.1 Å². The maximum atomic E-state index is 12.2. The van der Waals surface area contributed by atoms with Gasteiger partial charge in [-0.05, 0) is 49.1 Å². The Morgan fingerprint density at radius 3 is 2.62 bits per heavy atom. The topological polar surface area (TPSA) is 92.7 Å². The quantitative estimate of drug-likeness (QED) is 0.749. The fourth-order valence-corrected chi connectivity index (χ4v) is 3.52. The second-order valence-electron chi connectivity index (χ2n) is 4.43. The molecule has 0 aliphatic heterocycles. The van der Waals surface area contributed by atoms with Gasteiger partial charge in [-0.1, -0.05) is 0 Å². The Morgan fingerprint density at radius 1 is 1.48 bits per heavy atom. The number of thioether (sulfide) groups is 1. The van der Waals surface area contributed by atoms with E-state index in [1.54, 1.807) is 13.0 Å². The van der Waals surface area contributed by atoms with E-state index in [1.165, 1.54) is 31.0 Å². The van der Waals surface area contributed by atoms with Gasteiger partial charge in [-0.15, -0.1) is 0 Å². The van der Waals surface area contributed by atoms with Gasteiger partial charge in [-0.2, -0.15) is 16.5 Å². The number of carboxylic acid groups (broad SMARTS) is 1. The van der Waals surface area contributed by atoms with Crippen LogP contribution in [-0.4, -0.2) is 44.7 Å². The third-order valence-electron chi connectivity index (χ3n) is 2.88. The Labute approximate surface area is 128 Å². The molecule has 0 spiro atoms. The van der Waals surface area contributed by atoms with Crippen molar-refractivity contribution in [2.24, 2.45) is 0 Å². The van der Waals surface area contributed by atoms with Crippen molar-refractivity contribution in [2.45, 2.75) is 24.3 Å². The highest BCUT2D eigenvalue weighted by atomic mass is 32.2. The molecule has 6 nitrogen and oxygen atoms in total. The lowest BCUT2D eigenvalue weighted by Gasteiger charge is -2.15. The highest BCUT2D eigenvalue weighted by Gasteiger charge is 2.25. The number of benzene rings is 1. The molecule has 0 amide bonds. The van der Waals surface area contributed by atoms with E-state index in [-0.39, 0.29) is 11.3 Å². The predicted molar refractivity (Wildman–Crippen MR) is 82.5 cm³/mol. The first kappa shape index (κ1) is 17.8. The summed E-state index contributed by atoms with van der Waals surface area (Å²) in [6.07, 6.45) is 2.06. The number of hydrogen-bond donors (Lipinski definition) is 2. The van der Waals surface area contributed by atoms with Gasteiger partial charge in [-0.25, -0.2) is 8.42 Å². The molecule has 118 valence electrons. The number of sulfonamides is 1. The van der Waals surface area contributed by atoms with Crippen molar-refractivity contribution in [3.05, 3.63) is 23.8 Å². The largest absolute Gasteiger partial charge is 0.496 e. The molecule has 1 rings (SSSR count). The molecule has 8 heteroatoms. The molecule has 0 heterocycles. The lowest BCUT2D eigenvalue weighted by molar-refractivity contribution is -0.139. The van der Waals surface area contributed by atoms with E-state index < -0.39 is 22.0 Å². The number of nitrogens with one attached hydrogen (secondary N) is 1. The molecule has 0 saturated heterocycles. The number of aryl methyl sites for hydroxylation is 1. The molecule has 0 aliphatic rings. The van der Waals surface area contributed by atoms with Gasteiger partial charge in [0.15, 0.2) is 0 Å². The summed E-state index contributed by atoms with van der Waals surface area (Å²) in [5, 5.41) is 9.09. The molecule has 21 heavy (non-hydrogen) atoms. The molecule has 1 atom stereocenters. The van der Waals surface area contributed by atoms with Gasteiger partial charge in [-0.3, -0.25) is 4.79 Å². The molecule has 2 N–H and O–H groups in total. The smallest absolute Gasteiger partial charge is 0.321 e. The van der Waals surface area contributed by atoms with E-state index >= 15 is 0 Å². The lowest BCUT2D eigenvalue weighted by Crippen LogP contribution is -2.41. The van der Waals surface area contributed by atoms with Crippen molar-refractivity contribution in [1.29, 1.82) is 0 Å². The van der Waals surface area contributed by atoms with Gasteiger partial charge in [0.05, 0.1) is 12.0 Å². The molecule has 1 unspecified atom stereocenters. The minimum absolute atomic E-state index is 0.0243. The summed E-state index contributed by atoms with van der Waals surface area (Å²) in [6, 6.07) is 3.25. The molecule has 0 radical (unpaired) electrons. The molecule has 0 aliphatic carbocycles. The van der Waals surface area contributed by atoms with Crippen LogP contribution >= 0.6 is 11.8 Å².